The molecule has 0 saturated heterocycles. The van der Waals surface area contributed by atoms with Crippen LogP contribution < -0.4 is 39.0 Å². The zero-order valence-corrected chi connectivity index (χ0v) is 11.9. The van der Waals surface area contributed by atoms with Gasteiger partial charge in [0.05, 0.1) is 17.7 Å². The van der Waals surface area contributed by atoms with Crippen molar-refractivity contribution in [1.82, 2.24) is 0 Å². The van der Waals surface area contributed by atoms with Gasteiger partial charge in [0.25, 0.3) is 5.69 Å². The van der Waals surface area contributed by atoms with E-state index in [1.807, 2.05) is 0 Å². The van der Waals surface area contributed by atoms with Gasteiger partial charge in [-0.3, -0.25) is 14.8 Å². The van der Waals surface area contributed by atoms with E-state index in [-0.39, 0.29) is 46.7 Å². The van der Waals surface area contributed by atoms with Crippen molar-refractivity contribution in [2.75, 3.05) is 11.8 Å². The average molecular weight is 270 g/mol. The smallest absolute Gasteiger partial charge is 0.731 e. The van der Waals surface area contributed by atoms with Gasteiger partial charge in [-0.2, -0.15) is 0 Å². The van der Waals surface area contributed by atoms with Crippen LogP contribution in [0.4, 0.5) is 11.4 Å². The van der Waals surface area contributed by atoms with Crippen LogP contribution in [0.5, 0.6) is 5.75 Å². The Hall–Kier alpha value is -0.870. The number of nitrogens with zero attached hydrogens (tertiary/aromatic N) is 1. The van der Waals surface area contributed by atoms with Crippen molar-refractivity contribution in [3.8, 4) is 5.75 Å². The van der Waals surface area contributed by atoms with Crippen molar-refractivity contribution in [3.05, 3.63) is 28.3 Å². The van der Waals surface area contributed by atoms with Crippen molar-refractivity contribution >= 4 is 21.7 Å². The Bertz CT molecular complexity index is 517. The standard InChI is InChI=1S/C7H8N2O6S.Na/c1-15-7-3-2-5(9(10)11)4-6(7)8-16(12,13)14;/h2-4,8H,1H3,(H,12,13,14);/q;+1/p-1. The van der Waals surface area contributed by atoms with Crippen molar-refractivity contribution < 1.29 is 52.2 Å². The van der Waals surface area contributed by atoms with Crippen LogP contribution in [0, 0.1) is 10.1 Å². The van der Waals surface area contributed by atoms with E-state index in [0.717, 1.165) is 12.1 Å². The van der Waals surface area contributed by atoms with Crippen LogP contribution in [0.25, 0.3) is 0 Å². The SMILES string of the molecule is COc1ccc([N+](=O)[O-])cc1NS(=O)(=O)[O-].[Na+]. The molecule has 0 fully saturated rings. The third kappa shape index (κ3) is 4.88. The summed E-state index contributed by atoms with van der Waals surface area (Å²) in [5.41, 5.74) is -0.626. The fourth-order valence-corrected chi connectivity index (χ4v) is 1.45. The van der Waals surface area contributed by atoms with Crippen LogP contribution in [0.2, 0.25) is 0 Å². The maximum absolute atomic E-state index is 10.5. The number of ether oxygens (including phenoxy) is 1. The molecule has 17 heavy (non-hydrogen) atoms. The fraction of sp³-hybridized carbons (Fsp3) is 0.143. The summed E-state index contributed by atoms with van der Waals surface area (Å²) >= 11 is 0. The summed E-state index contributed by atoms with van der Waals surface area (Å²) in [7, 11) is -3.51. The molecule has 0 aliphatic rings. The van der Waals surface area contributed by atoms with E-state index in [4.69, 9.17) is 4.74 Å². The molecule has 0 amide bonds. The molecule has 88 valence electrons. The van der Waals surface area contributed by atoms with E-state index in [9.17, 15) is 23.1 Å². The first-order chi connectivity index (χ1) is 7.33. The monoisotopic (exact) mass is 270 g/mol. The quantitative estimate of drug-likeness (QED) is 0.279. The molecular formula is C7H7N2NaO6S. The van der Waals surface area contributed by atoms with Crippen LogP contribution >= 0.6 is 0 Å². The van der Waals surface area contributed by atoms with Crippen LogP contribution in [0.15, 0.2) is 18.2 Å². The predicted octanol–water partition coefficient (Wildman–Crippen LogP) is -2.52. The topological polar surface area (TPSA) is 122 Å². The van der Waals surface area contributed by atoms with Gasteiger partial charge in [0.1, 0.15) is 5.75 Å². The number of nitrogens with one attached hydrogen (secondary N) is 1. The normalized spacial score (nSPS) is 10.2. The largest absolute Gasteiger partial charge is 1.00 e. The van der Waals surface area contributed by atoms with E-state index in [1.165, 1.54) is 13.2 Å². The van der Waals surface area contributed by atoms with Crippen molar-refractivity contribution in [2.45, 2.75) is 0 Å². The predicted molar refractivity (Wildman–Crippen MR) is 53.0 cm³/mol. The van der Waals surface area contributed by atoms with Gasteiger partial charge in [-0.25, -0.2) is 8.42 Å². The Labute approximate surface area is 119 Å². The third-order valence-corrected chi connectivity index (χ3v) is 2.10. The second-order valence-electron chi connectivity index (χ2n) is 2.70. The molecule has 1 aromatic rings. The molecule has 10 heteroatoms. The molecule has 0 heterocycles. The maximum atomic E-state index is 10.5. The molecule has 1 aromatic carbocycles. The summed E-state index contributed by atoms with van der Waals surface area (Å²) in [4.78, 5) is 9.71. The minimum absolute atomic E-state index is 0. The van der Waals surface area contributed by atoms with Crippen LogP contribution in [0.3, 0.4) is 0 Å². The van der Waals surface area contributed by atoms with Gasteiger partial charge in [-0.1, -0.05) is 0 Å². The second-order valence-corrected chi connectivity index (χ2v) is 3.81. The maximum Gasteiger partial charge on any atom is 1.00 e. The Kier molecular flexibility index (Phi) is 5.85. The Morgan fingerprint density at radius 2 is 2.00 bits per heavy atom. The number of benzene rings is 1. The molecule has 0 aliphatic carbocycles. The second kappa shape index (κ2) is 6.17. The summed E-state index contributed by atoms with van der Waals surface area (Å²) in [5.74, 6) is 0.0185. The van der Waals surface area contributed by atoms with E-state index >= 15 is 0 Å². The van der Waals surface area contributed by atoms with Crippen molar-refractivity contribution in [3.63, 3.8) is 0 Å². The molecule has 0 aliphatic heterocycles. The molecular weight excluding hydrogens is 263 g/mol. The molecule has 8 nitrogen and oxygen atoms in total. The number of nitro benzene ring substituents is 1. The number of non-ortho nitro benzene ring substituents is 1. The van der Waals surface area contributed by atoms with E-state index in [0.29, 0.717) is 0 Å². The first-order valence-electron chi connectivity index (χ1n) is 3.89. The number of anilines is 1. The van der Waals surface area contributed by atoms with Crippen molar-refractivity contribution in [2.24, 2.45) is 0 Å². The molecule has 1 rings (SSSR count). The van der Waals surface area contributed by atoms with Crippen LogP contribution in [-0.2, 0) is 10.3 Å². The first-order valence-corrected chi connectivity index (χ1v) is 5.30. The van der Waals surface area contributed by atoms with Crippen LogP contribution in [-0.4, -0.2) is 25.0 Å². The molecule has 0 unspecified atom stereocenters. The molecule has 0 radical (unpaired) electrons. The minimum atomic E-state index is -4.75. The average Bonchev–Trinajstić information content (AvgIpc) is 2.15. The van der Waals surface area contributed by atoms with E-state index in [1.54, 1.807) is 4.72 Å². The molecule has 1 N–H and O–H groups in total. The molecule has 0 saturated carbocycles. The zero-order chi connectivity index (χ0) is 12.3. The Morgan fingerprint density at radius 3 is 2.41 bits per heavy atom. The van der Waals surface area contributed by atoms with Crippen LogP contribution in [0.1, 0.15) is 0 Å². The van der Waals surface area contributed by atoms with Gasteiger partial charge in [-0.15, -0.1) is 0 Å². The van der Waals surface area contributed by atoms with Gasteiger partial charge in [-0.05, 0) is 6.07 Å². The number of nitro groups is 1. The van der Waals surface area contributed by atoms with Gasteiger partial charge >= 0.3 is 29.6 Å². The first kappa shape index (κ1) is 16.1. The molecule has 0 atom stereocenters. The minimum Gasteiger partial charge on any atom is -0.731 e. The molecule has 0 bridgehead atoms. The number of hydrogen-bond acceptors (Lipinski definition) is 6. The van der Waals surface area contributed by atoms with E-state index < -0.39 is 15.2 Å². The molecule has 0 spiro atoms. The zero-order valence-electron chi connectivity index (χ0n) is 9.04. The van der Waals surface area contributed by atoms with Gasteiger partial charge in [0.2, 0.25) is 0 Å². The third-order valence-electron chi connectivity index (χ3n) is 1.63. The number of hydrogen-bond donors (Lipinski definition) is 1. The summed E-state index contributed by atoms with van der Waals surface area (Å²) in [5, 5.41) is 10.4. The Morgan fingerprint density at radius 1 is 1.41 bits per heavy atom. The summed E-state index contributed by atoms with van der Waals surface area (Å²) in [6.45, 7) is 0. The Balaban J connectivity index is 0.00000256. The molecule has 0 aromatic heterocycles. The van der Waals surface area contributed by atoms with E-state index in [2.05, 4.69) is 0 Å². The summed E-state index contributed by atoms with van der Waals surface area (Å²) in [6.07, 6.45) is 0. The number of methoxy groups -OCH3 is 1. The van der Waals surface area contributed by atoms with Gasteiger partial charge < -0.3 is 9.29 Å². The fourth-order valence-electron chi connectivity index (χ4n) is 1.02. The van der Waals surface area contributed by atoms with Crippen molar-refractivity contribution in [1.29, 1.82) is 0 Å². The summed E-state index contributed by atoms with van der Waals surface area (Å²) in [6, 6.07) is 3.21. The van der Waals surface area contributed by atoms with Gasteiger partial charge in [0.15, 0.2) is 10.3 Å². The van der Waals surface area contributed by atoms with Gasteiger partial charge in [0, 0.05) is 12.1 Å². The number of rotatable bonds is 4. The summed E-state index contributed by atoms with van der Waals surface area (Å²) < 4.78 is 37.7.